The molecule has 0 radical (unpaired) electrons. The second-order valence-electron chi connectivity index (χ2n) is 8.20. The summed E-state index contributed by atoms with van der Waals surface area (Å²) in [5.74, 6) is 0.776. The lowest BCUT2D eigenvalue weighted by Gasteiger charge is -2.40. The third kappa shape index (κ3) is 7.64. The van der Waals surface area contributed by atoms with Crippen LogP contribution in [0.1, 0.15) is 74.7 Å². The van der Waals surface area contributed by atoms with E-state index < -0.39 is 0 Å². The quantitative estimate of drug-likeness (QED) is 0.668. The molecule has 0 saturated heterocycles. The summed E-state index contributed by atoms with van der Waals surface area (Å²) in [6.07, 6.45) is 3.77. The van der Waals surface area contributed by atoms with Crippen molar-refractivity contribution in [3.63, 3.8) is 0 Å². The third-order valence-electron chi connectivity index (χ3n) is 4.64. The Kier molecular flexibility index (Phi) is 8.35. The Morgan fingerprint density at radius 1 is 1.00 bits per heavy atom. The Morgan fingerprint density at radius 2 is 1.50 bits per heavy atom. The fourth-order valence-electron chi connectivity index (χ4n) is 2.78. The average Bonchev–Trinajstić information content (AvgIpc) is 2.32. The van der Waals surface area contributed by atoms with Gasteiger partial charge in [-0.1, -0.05) is 27.7 Å². The molecule has 0 fully saturated rings. The maximum atomic E-state index is 3.72. The molecule has 1 atom stereocenters. The van der Waals surface area contributed by atoms with E-state index in [4.69, 9.17) is 0 Å². The predicted octanol–water partition coefficient (Wildman–Crippen LogP) is 4.55. The van der Waals surface area contributed by atoms with Gasteiger partial charge in [0.05, 0.1) is 0 Å². The zero-order valence-electron chi connectivity index (χ0n) is 15.6. The van der Waals surface area contributed by atoms with Crippen molar-refractivity contribution in [2.24, 2.45) is 11.3 Å². The molecule has 0 aromatic carbocycles. The second kappa shape index (κ2) is 8.38. The van der Waals surface area contributed by atoms with Gasteiger partial charge in [-0.25, -0.2) is 0 Å². The maximum absolute atomic E-state index is 3.72. The number of rotatable bonds is 9. The van der Waals surface area contributed by atoms with Gasteiger partial charge in [-0.15, -0.1) is 0 Å². The smallest absolute Gasteiger partial charge is 0.00967 e. The predicted molar refractivity (Wildman–Crippen MR) is 92.3 cm³/mol. The Bertz CT molecular complexity index is 249. The highest BCUT2D eigenvalue weighted by molar-refractivity contribution is 4.86. The van der Waals surface area contributed by atoms with E-state index in [2.05, 4.69) is 72.7 Å². The van der Waals surface area contributed by atoms with Crippen LogP contribution in [0.4, 0.5) is 0 Å². The lowest BCUT2D eigenvalue weighted by molar-refractivity contribution is 0.112. The first-order valence-corrected chi connectivity index (χ1v) is 8.50. The van der Waals surface area contributed by atoms with E-state index in [1.807, 2.05) is 0 Å². The van der Waals surface area contributed by atoms with Crippen molar-refractivity contribution in [1.82, 2.24) is 10.2 Å². The molecular formula is C18H40N2. The van der Waals surface area contributed by atoms with Crippen molar-refractivity contribution in [3.8, 4) is 0 Å². The van der Waals surface area contributed by atoms with E-state index >= 15 is 0 Å². The zero-order chi connectivity index (χ0) is 16.0. The summed E-state index contributed by atoms with van der Waals surface area (Å²) in [5.41, 5.74) is 0.602. The number of nitrogens with zero attached hydrogens (tertiary/aromatic N) is 1. The van der Waals surface area contributed by atoms with Crippen LogP contribution < -0.4 is 5.32 Å². The van der Waals surface area contributed by atoms with Crippen LogP contribution in [0.2, 0.25) is 0 Å². The van der Waals surface area contributed by atoms with Gasteiger partial charge in [0.1, 0.15) is 0 Å². The molecule has 0 heterocycles. The topological polar surface area (TPSA) is 15.3 Å². The van der Waals surface area contributed by atoms with Gasteiger partial charge < -0.3 is 10.2 Å². The highest BCUT2D eigenvalue weighted by atomic mass is 15.1. The van der Waals surface area contributed by atoms with Crippen molar-refractivity contribution >= 4 is 0 Å². The highest BCUT2D eigenvalue weighted by Crippen LogP contribution is 2.28. The molecule has 0 rings (SSSR count). The van der Waals surface area contributed by atoms with Crippen molar-refractivity contribution in [2.75, 3.05) is 20.1 Å². The van der Waals surface area contributed by atoms with Crippen molar-refractivity contribution in [1.29, 1.82) is 0 Å². The first-order chi connectivity index (χ1) is 9.05. The molecule has 0 spiro atoms. The van der Waals surface area contributed by atoms with E-state index in [1.165, 1.54) is 25.8 Å². The maximum Gasteiger partial charge on any atom is 0.00967 e. The third-order valence-corrected chi connectivity index (χ3v) is 4.64. The number of hydrogen-bond acceptors (Lipinski definition) is 2. The molecule has 0 aliphatic carbocycles. The largest absolute Gasteiger partial charge is 0.311 e. The van der Waals surface area contributed by atoms with Gasteiger partial charge in [0, 0.05) is 24.7 Å². The van der Waals surface area contributed by atoms with Crippen LogP contribution in [0, 0.1) is 11.3 Å². The lowest BCUT2D eigenvalue weighted by Crippen LogP contribution is -2.49. The highest BCUT2D eigenvalue weighted by Gasteiger charge is 2.30. The molecule has 0 aliphatic rings. The van der Waals surface area contributed by atoms with E-state index in [1.54, 1.807) is 0 Å². The van der Waals surface area contributed by atoms with Gasteiger partial charge in [-0.2, -0.15) is 0 Å². The van der Waals surface area contributed by atoms with E-state index in [0.29, 0.717) is 11.5 Å². The minimum absolute atomic E-state index is 0.206. The van der Waals surface area contributed by atoms with E-state index in [9.17, 15) is 0 Å². The molecule has 0 amide bonds. The van der Waals surface area contributed by atoms with Crippen LogP contribution in [0.3, 0.4) is 0 Å². The van der Waals surface area contributed by atoms with E-state index in [-0.39, 0.29) is 5.54 Å². The van der Waals surface area contributed by atoms with E-state index in [0.717, 1.165) is 12.5 Å². The lowest BCUT2D eigenvalue weighted by atomic mass is 9.80. The Morgan fingerprint density at radius 3 is 1.85 bits per heavy atom. The molecule has 0 saturated carbocycles. The van der Waals surface area contributed by atoms with Gasteiger partial charge in [0.2, 0.25) is 0 Å². The second-order valence-corrected chi connectivity index (χ2v) is 8.20. The Hall–Kier alpha value is -0.0800. The summed E-state index contributed by atoms with van der Waals surface area (Å²) < 4.78 is 0. The van der Waals surface area contributed by atoms with Crippen LogP contribution in [0.25, 0.3) is 0 Å². The minimum Gasteiger partial charge on any atom is -0.311 e. The van der Waals surface area contributed by atoms with Gasteiger partial charge in [0.25, 0.3) is 0 Å². The van der Waals surface area contributed by atoms with Gasteiger partial charge in [-0.05, 0) is 65.3 Å². The zero-order valence-corrected chi connectivity index (χ0v) is 15.6. The summed E-state index contributed by atoms with van der Waals surface area (Å²) in [6, 6.07) is 0.669. The summed E-state index contributed by atoms with van der Waals surface area (Å²) >= 11 is 0. The molecule has 0 aromatic rings. The SMILES string of the molecule is CCC(CC)(CNC(C)(C)C)CN(C)C(C)CC(C)C. The first-order valence-electron chi connectivity index (χ1n) is 8.50. The molecule has 0 aliphatic heterocycles. The van der Waals surface area contributed by atoms with Gasteiger partial charge >= 0.3 is 0 Å². The molecule has 0 aromatic heterocycles. The fourth-order valence-corrected chi connectivity index (χ4v) is 2.78. The normalized spacial score (nSPS) is 15.2. The monoisotopic (exact) mass is 284 g/mol. The Labute approximate surface area is 128 Å². The van der Waals surface area contributed by atoms with Crippen LogP contribution >= 0.6 is 0 Å². The van der Waals surface area contributed by atoms with Crippen molar-refractivity contribution in [3.05, 3.63) is 0 Å². The molecule has 2 heteroatoms. The fraction of sp³-hybridized carbons (Fsp3) is 1.00. The molecule has 0 bridgehead atoms. The molecule has 122 valence electrons. The average molecular weight is 285 g/mol. The van der Waals surface area contributed by atoms with Crippen molar-refractivity contribution in [2.45, 2.75) is 86.2 Å². The van der Waals surface area contributed by atoms with Gasteiger partial charge in [0.15, 0.2) is 0 Å². The molecule has 2 nitrogen and oxygen atoms in total. The number of hydrogen-bond donors (Lipinski definition) is 1. The Balaban J connectivity index is 4.66. The van der Waals surface area contributed by atoms with Crippen LogP contribution in [0.5, 0.6) is 0 Å². The van der Waals surface area contributed by atoms with Gasteiger partial charge in [-0.3, -0.25) is 0 Å². The standard InChI is InChI=1S/C18H40N2/c1-10-18(11-2,13-19-17(6,7)8)14-20(9)16(5)12-15(3)4/h15-16,19H,10-14H2,1-9H3. The van der Waals surface area contributed by atoms with Crippen LogP contribution in [-0.2, 0) is 0 Å². The molecule has 1 unspecified atom stereocenters. The molecular weight excluding hydrogens is 244 g/mol. The summed E-state index contributed by atoms with van der Waals surface area (Å²) in [6.45, 7) is 20.8. The summed E-state index contributed by atoms with van der Waals surface area (Å²) in [7, 11) is 2.30. The first kappa shape index (κ1) is 19.9. The molecule has 20 heavy (non-hydrogen) atoms. The van der Waals surface area contributed by atoms with Crippen molar-refractivity contribution < 1.29 is 0 Å². The van der Waals surface area contributed by atoms with Crippen LogP contribution in [-0.4, -0.2) is 36.6 Å². The number of nitrogens with one attached hydrogen (secondary N) is 1. The molecule has 1 N–H and O–H groups in total. The minimum atomic E-state index is 0.206. The summed E-state index contributed by atoms with van der Waals surface area (Å²) in [5, 5.41) is 3.72. The van der Waals surface area contributed by atoms with Crippen LogP contribution in [0.15, 0.2) is 0 Å². The summed E-state index contributed by atoms with van der Waals surface area (Å²) in [4.78, 5) is 2.57.